The van der Waals surface area contributed by atoms with Gasteiger partial charge in [-0.3, -0.25) is 4.79 Å². The predicted molar refractivity (Wildman–Crippen MR) is 70.7 cm³/mol. The Morgan fingerprint density at radius 2 is 2.06 bits per heavy atom. The Balaban J connectivity index is 0.00000144. The van der Waals surface area contributed by atoms with Crippen LogP contribution >= 0.6 is 24.0 Å². The number of aromatic nitrogens is 1. The average molecular weight is 278 g/mol. The van der Waals surface area contributed by atoms with E-state index in [0.29, 0.717) is 16.8 Å². The highest BCUT2D eigenvalue weighted by Crippen LogP contribution is 2.17. The van der Waals surface area contributed by atoms with Crippen LogP contribution in [-0.4, -0.2) is 23.0 Å². The molecule has 0 aromatic carbocycles. The van der Waals surface area contributed by atoms with Crippen LogP contribution in [0.3, 0.4) is 0 Å². The molecule has 0 atom stereocenters. The molecule has 0 unspecified atom stereocenters. The first-order valence-electron chi connectivity index (χ1n) is 5.55. The van der Waals surface area contributed by atoms with Crippen molar-refractivity contribution in [2.24, 2.45) is 5.73 Å². The molecule has 17 heavy (non-hydrogen) atoms. The molecule has 0 saturated heterocycles. The Kier molecular flexibility index (Phi) is 5.31. The SMILES string of the molecule is Cl.NC1CCC(NC(=O)c2cc(Cl)c[nH]2)CC1. The lowest BCUT2D eigenvalue weighted by Gasteiger charge is -2.26. The molecular formula is C11H17Cl2N3O. The van der Waals surface area contributed by atoms with Crippen LogP contribution in [0, 0.1) is 0 Å². The fourth-order valence-electron chi connectivity index (χ4n) is 2.03. The molecule has 96 valence electrons. The van der Waals surface area contributed by atoms with Gasteiger partial charge in [0.2, 0.25) is 0 Å². The van der Waals surface area contributed by atoms with Gasteiger partial charge in [0.15, 0.2) is 0 Å². The molecule has 2 rings (SSSR count). The summed E-state index contributed by atoms with van der Waals surface area (Å²) in [5.74, 6) is -0.0904. The van der Waals surface area contributed by atoms with E-state index in [1.165, 1.54) is 0 Å². The van der Waals surface area contributed by atoms with E-state index in [1.54, 1.807) is 12.3 Å². The first-order chi connectivity index (χ1) is 7.65. The van der Waals surface area contributed by atoms with Crippen molar-refractivity contribution in [2.75, 3.05) is 0 Å². The molecule has 6 heteroatoms. The van der Waals surface area contributed by atoms with Gasteiger partial charge in [-0.25, -0.2) is 0 Å². The molecule has 1 aromatic rings. The summed E-state index contributed by atoms with van der Waals surface area (Å²) in [5.41, 5.74) is 6.32. The van der Waals surface area contributed by atoms with E-state index in [-0.39, 0.29) is 24.4 Å². The summed E-state index contributed by atoms with van der Waals surface area (Å²) < 4.78 is 0. The third-order valence-electron chi connectivity index (χ3n) is 3.00. The molecule has 1 aliphatic rings. The molecule has 4 nitrogen and oxygen atoms in total. The fourth-order valence-corrected chi connectivity index (χ4v) is 2.19. The summed E-state index contributed by atoms with van der Waals surface area (Å²) in [6.07, 6.45) is 5.49. The van der Waals surface area contributed by atoms with Crippen LogP contribution in [0.1, 0.15) is 36.2 Å². The first kappa shape index (κ1) is 14.4. The maximum absolute atomic E-state index is 11.8. The first-order valence-corrected chi connectivity index (χ1v) is 5.93. The second-order valence-corrected chi connectivity index (χ2v) is 4.75. The van der Waals surface area contributed by atoms with E-state index >= 15 is 0 Å². The monoisotopic (exact) mass is 277 g/mol. The van der Waals surface area contributed by atoms with Gasteiger partial charge in [0.25, 0.3) is 5.91 Å². The van der Waals surface area contributed by atoms with Crippen LogP contribution in [0.5, 0.6) is 0 Å². The lowest BCUT2D eigenvalue weighted by Crippen LogP contribution is -2.40. The van der Waals surface area contributed by atoms with Crippen LogP contribution in [-0.2, 0) is 0 Å². The summed E-state index contributed by atoms with van der Waals surface area (Å²) in [5, 5.41) is 3.54. The maximum Gasteiger partial charge on any atom is 0.267 e. The van der Waals surface area contributed by atoms with Gasteiger partial charge in [0.1, 0.15) is 5.69 Å². The van der Waals surface area contributed by atoms with E-state index in [0.717, 1.165) is 25.7 Å². The van der Waals surface area contributed by atoms with Crippen LogP contribution in [0.15, 0.2) is 12.3 Å². The lowest BCUT2D eigenvalue weighted by molar-refractivity contribution is 0.0921. The van der Waals surface area contributed by atoms with E-state index in [4.69, 9.17) is 17.3 Å². The average Bonchev–Trinajstić information content (AvgIpc) is 2.68. The largest absolute Gasteiger partial charge is 0.356 e. The molecule has 1 aliphatic carbocycles. The molecule has 4 N–H and O–H groups in total. The van der Waals surface area contributed by atoms with Crippen molar-refractivity contribution < 1.29 is 4.79 Å². The Hall–Kier alpha value is -0.710. The normalized spacial score (nSPS) is 23.9. The summed E-state index contributed by atoms with van der Waals surface area (Å²) in [4.78, 5) is 14.6. The maximum atomic E-state index is 11.8. The fraction of sp³-hybridized carbons (Fsp3) is 0.545. The molecule has 1 amide bonds. The lowest BCUT2D eigenvalue weighted by atomic mass is 9.92. The molecule has 0 bridgehead atoms. The van der Waals surface area contributed by atoms with Crippen molar-refractivity contribution >= 4 is 29.9 Å². The summed E-state index contributed by atoms with van der Waals surface area (Å²) in [6.45, 7) is 0. The van der Waals surface area contributed by atoms with Crippen LogP contribution in [0.4, 0.5) is 0 Å². The second kappa shape index (κ2) is 6.28. The number of hydrogen-bond acceptors (Lipinski definition) is 2. The third kappa shape index (κ3) is 3.91. The summed E-state index contributed by atoms with van der Waals surface area (Å²) in [7, 11) is 0. The summed E-state index contributed by atoms with van der Waals surface area (Å²) in [6, 6.07) is 2.17. The van der Waals surface area contributed by atoms with Gasteiger partial charge in [-0.15, -0.1) is 12.4 Å². The van der Waals surface area contributed by atoms with Gasteiger partial charge in [0, 0.05) is 18.3 Å². The van der Waals surface area contributed by atoms with Crippen molar-refractivity contribution in [3.63, 3.8) is 0 Å². The van der Waals surface area contributed by atoms with Crippen molar-refractivity contribution in [1.82, 2.24) is 10.3 Å². The number of amides is 1. The zero-order valence-corrected chi connectivity index (χ0v) is 11.0. The summed E-state index contributed by atoms with van der Waals surface area (Å²) >= 11 is 5.74. The Morgan fingerprint density at radius 1 is 1.41 bits per heavy atom. The van der Waals surface area contributed by atoms with Crippen molar-refractivity contribution in [2.45, 2.75) is 37.8 Å². The molecule has 0 aliphatic heterocycles. The number of halogens is 2. The number of nitrogens with two attached hydrogens (primary N) is 1. The van der Waals surface area contributed by atoms with Gasteiger partial charge in [-0.05, 0) is 31.7 Å². The molecule has 1 heterocycles. The number of nitrogens with one attached hydrogen (secondary N) is 2. The number of rotatable bonds is 2. The van der Waals surface area contributed by atoms with Crippen LogP contribution in [0.2, 0.25) is 5.02 Å². The Bertz CT molecular complexity index is 373. The molecule has 1 saturated carbocycles. The van der Waals surface area contributed by atoms with Gasteiger partial charge >= 0.3 is 0 Å². The van der Waals surface area contributed by atoms with Crippen molar-refractivity contribution in [3.05, 3.63) is 23.0 Å². The van der Waals surface area contributed by atoms with Gasteiger partial charge in [-0.1, -0.05) is 11.6 Å². The Labute approximate surface area is 112 Å². The molecule has 1 aromatic heterocycles. The van der Waals surface area contributed by atoms with Gasteiger partial charge in [0.05, 0.1) is 5.02 Å². The van der Waals surface area contributed by atoms with Gasteiger partial charge in [-0.2, -0.15) is 0 Å². The van der Waals surface area contributed by atoms with Crippen molar-refractivity contribution in [3.8, 4) is 0 Å². The standard InChI is InChI=1S/C11H16ClN3O.ClH/c12-7-5-10(14-6-7)11(16)15-9-3-1-8(13)2-4-9;/h5-6,8-9,14H,1-4,13H2,(H,15,16);1H. The minimum atomic E-state index is -0.0904. The van der Waals surface area contributed by atoms with E-state index in [2.05, 4.69) is 10.3 Å². The van der Waals surface area contributed by atoms with Crippen molar-refractivity contribution in [1.29, 1.82) is 0 Å². The van der Waals surface area contributed by atoms with Crippen LogP contribution in [0.25, 0.3) is 0 Å². The van der Waals surface area contributed by atoms with E-state index < -0.39 is 0 Å². The molecule has 1 fully saturated rings. The predicted octanol–water partition coefficient (Wildman–Crippen LogP) is 2.09. The number of aromatic amines is 1. The van der Waals surface area contributed by atoms with Crippen LogP contribution < -0.4 is 11.1 Å². The molecular weight excluding hydrogens is 261 g/mol. The number of carbonyl (C=O) groups excluding carboxylic acids is 1. The molecule has 0 spiro atoms. The zero-order valence-electron chi connectivity index (χ0n) is 9.41. The molecule has 0 radical (unpaired) electrons. The highest BCUT2D eigenvalue weighted by Gasteiger charge is 2.20. The number of carbonyl (C=O) groups is 1. The zero-order chi connectivity index (χ0) is 11.5. The van der Waals surface area contributed by atoms with Gasteiger partial charge < -0.3 is 16.0 Å². The van der Waals surface area contributed by atoms with E-state index in [1.807, 2.05) is 0 Å². The number of H-pyrrole nitrogens is 1. The van der Waals surface area contributed by atoms with E-state index in [9.17, 15) is 4.79 Å². The smallest absolute Gasteiger partial charge is 0.267 e. The quantitative estimate of drug-likeness (QED) is 0.775. The second-order valence-electron chi connectivity index (χ2n) is 4.32. The minimum Gasteiger partial charge on any atom is -0.356 e. The third-order valence-corrected chi connectivity index (χ3v) is 3.22. The highest BCUT2D eigenvalue weighted by molar-refractivity contribution is 6.30. The minimum absolute atomic E-state index is 0. The highest BCUT2D eigenvalue weighted by atomic mass is 35.5. The number of hydrogen-bond donors (Lipinski definition) is 3. The Morgan fingerprint density at radius 3 is 2.59 bits per heavy atom. The topological polar surface area (TPSA) is 70.9 Å².